The number of aliphatic hydroxyl groups is 1. The first-order valence-electron chi connectivity index (χ1n) is 11.7. The highest BCUT2D eigenvalue weighted by Crippen LogP contribution is 2.21. The number of rotatable bonds is 7. The highest BCUT2D eigenvalue weighted by Gasteiger charge is 2.26. The minimum absolute atomic E-state index is 0.456. The second kappa shape index (κ2) is 13.1. The molecule has 4 N–H and O–H groups in total. The van der Waals surface area contributed by atoms with Gasteiger partial charge in [-0.05, 0) is 44.3 Å². The Labute approximate surface area is 200 Å². The molecule has 1 fully saturated rings. The van der Waals surface area contributed by atoms with E-state index in [1.807, 2.05) is 6.08 Å². The fourth-order valence-corrected chi connectivity index (χ4v) is 3.94. The van der Waals surface area contributed by atoms with Gasteiger partial charge in [0.15, 0.2) is 0 Å². The molecule has 2 atom stereocenters. The molecule has 8 nitrogen and oxygen atoms in total. The summed E-state index contributed by atoms with van der Waals surface area (Å²) in [4.78, 5) is 26.4. The molecule has 0 spiro atoms. The van der Waals surface area contributed by atoms with E-state index < -0.39 is 24.0 Å². The van der Waals surface area contributed by atoms with Crippen LogP contribution in [0.1, 0.15) is 32.6 Å². The molecule has 34 heavy (non-hydrogen) atoms. The number of hydroxylamine groups is 1. The molecule has 3 aliphatic rings. The molecule has 0 unspecified atom stereocenters. The van der Waals surface area contributed by atoms with E-state index in [0.717, 1.165) is 51.3 Å². The van der Waals surface area contributed by atoms with Gasteiger partial charge in [0.1, 0.15) is 6.04 Å². The summed E-state index contributed by atoms with van der Waals surface area (Å²) >= 11 is 0. The van der Waals surface area contributed by atoms with Crippen LogP contribution in [0, 0.1) is 11.8 Å². The zero-order valence-corrected chi connectivity index (χ0v) is 19.5. The lowest BCUT2D eigenvalue weighted by Gasteiger charge is -2.28. The Morgan fingerprint density at radius 2 is 1.94 bits per heavy atom. The summed E-state index contributed by atoms with van der Waals surface area (Å²) < 4.78 is 5.40. The number of morpholine rings is 1. The van der Waals surface area contributed by atoms with E-state index in [0.29, 0.717) is 18.4 Å². The summed E-state index contributed by atoms with van der Waals surface area (Å²) in [6.07, 6.45) is 13.8. The summed E-state index contributed by atoms with van der Waals surface area (Å²) in [6, 6.07) is -1.23. The molecular weight excluding hydrogens is 434 g/mol. The molecule has 1 heterocycles. The van der Waals surface area contributed by atoms with Crippen molar-refractivity contribution >= 4 is 11.8 Å². The van der Waals surface area contributed by atoms with Crippen molar-refractivity contribution in [2.45, 2.75) is 44.8 Å². The summed E-state index contributed by atoms with van der Waals surface area (Å²) in [7, 11) is 0. The average molecular weight is 468 g/mol. The van der Waals surface area contributed by atoms with Gasteiger partial charge in [0, 0.05) is 30.8 Å². The predicted octanol–water partition coefficient (Wildman–Crippen LogP) is 1.54. The van der Waals surface area contributed by atoms with Crippen LogP contribution in [-0.4, -0.2) is 72.0 Å². The van der Waals surface area contributed by atoms with Crippen LogP contribution >= 0.6 is 0 Å². The largest absolute Gasteiger partial charge is 0.391 e. The summed E-state index contributed by atoms with van der Waals surface area (Å²) in [5.41, 5.74) is 5.58. The second-order valence-electron chi connectivity index (χ2n) is 8.61. The molecule has 0 saturated carbocycles. The first kappa shape index (κ1) is 25.7. The molecule has 0 radical (unpaired) electrons. The number of nitrogens with zero attached hydrogens (tertiary/aromatic N) is 1. The van der Waals surface area contributed by atoms with Gasteiger partial charge in [-0.2, -0.15) is 0 Å². The normalized spacial score (nSPS) is 20.7. The van der Waals surface area contributed by atoms with E-state index in [4.69, 9.17) is 9.94 Å². The number of ether oxygens (including phenoxy) is 1. The molecule has 0 bridgehead atoms. The molecule has 0 aromatic heterocycles. The summed E-state index contributed by atoms with van der Waals surface area (Å²) in [5.74, 6) is 4.86. The highest BCUT2D eigenvalue weighted by atomic mass is 16.5. The molecule has 8 heteroatoms. The third-order valence-corrected chi connectivity index (χ3v) is 6.01. The molecule has 2 amide bonds. The summed E-state index contributed by atoms with van der Waals surface area (Å²) in [6.45, 7) is 6.04. The Bertz CT molecular complexity index is 972. The third kappa shape index (κ3) is 7.82. The average Bonchev–Trinajstić information content (AvgIpc) is 2.86. The van der Waals surface area contributed by atoms with Crippen LogP contribution in [0.15, 0.2) is 58.7 Å². The highest BCUT2D eigenvalue weighted by molar-refractivity contribution is 5.97. The Morgan fingerprint density at radius 1 is 1.15 bits per heavy atom. The fraction of sp³-hybridized carbons (Fsp3) is 0.462. The number of aliphatic hydroxyl groups excluding tert-OH is 1. The van der Waals surface area contributed by atoms with Crippen molar-refractivity contribution in [3.8, 4) is 11.8 Å². The number of hydrogen-bond acceptors (Lipinski definition) is 6. The van der Waals surface area contributed by atoms with Gasteiger partial charge in [-0.25, -0.2) is 5.48 Å². The second-order valence-corrected chi connectivity index (χ2v) is 8.61. The molecule has 2 aliphatic carbocycles. The van der Waals surface area contributed by atoms with Crippen LogP contribution in [0.3, 0.4) is 0 Å². The maximum Gasteiger partial charge on any atom is 0.268 e. The number of carbonyl (C=O) groups excluding carboxylic acids is 2. The summed E-state index contributed by atoms with van der Waals surface area (Å²) in [5, 5.41) is 20.8. The first-order valence-corrected chi connectivity index (χ1v) is 11.7. The van der Waals surface area contributed by atoms with Crippen LogP contribution in [0.2, 0.25) is 0 Å². The molecule has 0 aromatic carbocycles. The zero-order valence-electron chi connectivity index (χ0n) is 19.5. The van der Waals surface area contributed by atoms with Crippen molar-refractivity contribution in [2.75, 3.05) is 32.8 Å². The smallest absolute Gasteiger partial charge is 0.268 e. The van der Waals surface area contributed by atoms with Crippen LogP contribution < -0.4 is 10.8 Å². The minimum Gasteiger partial charge on any atom is -0.391 e. The zero-order chi connectivity index (χ0) is 24.3. The topological polar surface area (TPSA) is 111 Å². The van der Waals surface area contributed by atoms with E-state index in [1.165, 1.54) is 23.6 Å². The van der Waals surface area contributed by atoms with Crippen molar-refractivity contribution in [2.24, 2.45) is 0 Å². The van der Waals surface area contributed by atoms with Gasteiger partial charge in [-0.15, -0.1) is 0 Å². The fourth-order valence-electron chi connectivity index (χ4n) is 3.94. The lowest BCUT2D eigenvalue weighted by Crippen LogP contribution is -2.52. The quantitative estimate of drug-likeness (QED) is 0.257. The molecule has 1 aliphatic heterocycles. The lowest BCUT2D eigenvalue weighted by atomic mass is 9.97. The third-order valence-electron chi connectivity index (χ3n) is 6.01. The molecule has 1 saturated heterocycles. The number of hydrogen-bond donors (Lipinski definition) is 4. The Balaban J connectivity index is 1.50. The van der Waals surface area contributed by atoms with E-state index in [1.54, 1.807) is 12.2 Å². The standard InChI is InChI=1S/C26H33N3O5/c1-19(30)24(26(32)28-33)27-25(31)23-12-10-21(11-13-23)5-3-2-4-20-6-8-22(9-7-20)18-29-14-16-34-17-15-29/h2,4,6,8,10,12,19,24,30,33H,7,9,11,13-18H2,1H3,(H,27,31)(H,28,32)/b4-2+/t19-,24-/m0/s1. The van der Waals surface area contributed by atoms with Gasteiger partial charge < -0.3 is 15.2 Å². The van der Waals surface area contributed by atoms with Crippen LogP contribution in [0.4, 0.5) is 0 Å². The molecule has 0 aromatic rings. The first-order chi connectivity index (χ1) is 16.5. The molecule has 3 rings (SSSR count). The van der Waals surface area contributed by atoms with Crippen LogP contribution in [0.25, 0.3) is 0 Å². The van der Waals surface area contributed by atoms with Crippen molar-refractivity contribution < 1.29 is 24.6 Å². The van der Waals surface area contributed by atoms with Gasteiger partial charge in [-0.1, -0.05) is 47.8 Å². The van der Waals surface area contributed by atoms with Gasteiger partial charge in [0.2, 0.25) is 5.91 Å². The van der Waals surface area contributed by atoms with Crippen LogP contribution in [0.5, 0.6) is 0 Å². The Hall–Kier alpha value is -2.96. The minimum atomic E-state index is -1.23. The SMILES string of the molecule is C[C@H](O)[C@H](NC(=O)C1=CC=C(C#C/C=C/C2=CC=C(CN3CCOCC3)CC2)CC1)C(=O)NO. The van der Waals surface area contributed by atoms with E-state index in [2.05, 4.69) is 40.3 Å². The predicted molar refractivity (Wildman–Crippen MR) is 129 cm³/mol. The molecular formula is C26H33N3O5. The Morgan fingerprint density at radius 3 is 2.56 bits per heavy atom. The van der Waals surface area contributed by atoms with Crippen LogP contribution in [-0.2, 0) is 14.3 Å². The van der Waals surface area contributed by atoms with E-state index in [9.17, 15) is 14.7 Å². The number of nitrogens with one attached hydrogen (secondary N) is 2. The van der Waals surface area contributed by atoms with Crippen molar-refractivity contribution in [3.05, 3.63) is 58.7 Å². The maximum absolute atomic E-state index is 12.4. The monoisotopic (exact) mass is 467 g/mol. The van der Waals surface area contributed by atoms with Gasteiger partial charge in [-0.3, -0.25) is 19.7 Å². The van der Waals surface area contributed by atoms with Gasteiger partial charge in [0.05, 0.1) is 19.3 Å². The van der Waals surface area contributed by atoms with Crippen molar-refractivity contribution in [3.63, 3.8) is 0 Å². The lowest BCUT2D eigenvalue weighted by molar-refractivity contribution is -0.136. The van der Waals surface area contributed by atoms with Crippen molar-refractivity contribution in [1.29, 1.82) is 0 Å². The van der Waals surface area contributed by atoms with E-state index >= 15 is 0 Å². The van der Waals surface area contributed by atoms with Crippen molar-refractivity contribution in [1.82, 2.24) is 15.7 Å². The molecule has 182 valence electrons. The number of allylic oxidation sites excluding steroid dienone is 8. The van der Waals surface area contributed by atoms with Gasteiger partial charge >= 0.3 is 0 Å². The number of amides is 2. The Kier molecular flexibility index (Phi) is 9.86. The van der Waals surface area contributed by atoms with E-state index in [-0.39, 0.29) is 0 Å². The maximum atomic E-state index is 12.4. The van der Waals surface area contributed by atoms with Gasteiger partial charge in [0.25, 0.3) is 5.91 Å². The number of carbonyl (C=O) groups is 2.